The van der Waals surface area contributed by atoms with E-state index in [1.54, 1.807) is 10.9 Å². The molecule has 0 aliphatic carbocycles. The molecule has 2 heterocycles. The summed E-state index contributed by atoms with van der Waals surface area (Å²) in [5.41, 5.74) is 0.929. The Labute approximate surface area is 105 Å². The Kier molecular flexibility index (Phi) is 2.32. The van der Waals surface area contributed by atoms with Gasteiger partial charge in [0.05, 0.1) is 15.3 Å². The van der Waals surface area contributed by atoms with Crippen LogP contribution in [0.3, 0.4) is 0 Å². The summed E-state index contributed by atoms with van der Waals surface area (Å²) in [6, 6.07) is 7.90. The van der Waals surface area contributed by atoms with Crippen molar-refractivity contribution >= 4 is 33.5 Å². The van der Waals surface area contributed by atoms with Gasteiger partial charge in [-0.25, -0.2) is 14.6 Å². The highest BCUT2D eigenvalue weighted by Crippen LogP contribution is 2.12. The third-order valence-corrected chi connectivity index (χ3v) is 2.79. The molecule has 16 heavy (non-hydrogen) atoms. The van der Waals surface area contributed by atoms with Crippen molar-refractivity contribution in [3.63, 3.8) is 0 Å². The van der Waals surface area contributed by atoms with Gasteiger partial charge in [-0.15, -0.1) is 0 Å². The zero-order valence-corrected chi connectivity index (χ0v) is 10.4. The Bertz CT molecular complexity index is 647. The van der Waals surface area contributed by atoms with Gasteiger partial charge in [0.25, 0.3) is 5.95 Å². The maximum Gasteiger partial charge on any atom is 0.251 e. The Hall–Kier alpha value is -1.50. The van der Waals surface area contributed by atoms with Crippen molar-refractivity contribution < 1.29 is 0 Å². The molecule has 0 saturated carbocycles. The van der Waals surface area contributed by atoms with Gasteiger partial charge in [0.15, 0.2) is 0 Å². The fourth-order valence-corrected chi connectivity index (χ4v) is 1.87. The van der Waals surface area contributed by atoms with Gasteiger partial charge in [0.1, 0.15) is 0 Å². The minimum absolute atomic E-state index is 0.599. The van der Waals surface area contributed by atoms with E-state index >= 15 is 0 Å². The zero-order chi connectivity index (χ0) is 11.0. The summed E-state index contributed by atoms with van der Waals surface area (Å²) < 4.78 is 2.74. The average molecular weight is 322 g/mol. The van der Waals surface area contributed by atoms with E-state index in [0.29, 0.717) is 5.95 Å². The minimum atomic E-state index is 0.599. The molecular formula is C11H7IN4. The van der Waals surface area contributed by atoms with Crippen LogP contribution in [0.1, 0.15) is 0 Å². The van der Waals surface area contributed by atoms with Crippen LogP contribution in [0.25, 0.3) is 16.9 Å². The fraction of sp³-hybridized carbons (Fsp3) is 0. The van der Waals surface area contributed by atoms with E-state index in [9.17, 15) is 0 Å². The van der Waals surface area contributed by atoms with Crippen molar-refractivity contribution in [3.05, 3.63) is 46.4 Å². The molecule has 0 fully saturated rings. The highest BCUT2D eigenvalue weighted by atomic mass is 127. The average Bonchev–Trinajstić information content (AvgIpc) is 2.75. The summed E-state index contributed by atoms with van der Waals surface area (Å²) in [7, 11) is 0. The van der Waals surface area contributed by atoms with Crippen LogP contribution in [0, 0.1) is 3.57 Å². The molecule has 3 rings (SSSR count). The Morgan fingerprint density at radius 2 is 2.00 bits per heavy atom. The molecule has 0 saturated heterocycles. The lowest BCUT2D eigenvalue weighted by Gasteiger charge is -2.00. The first-order valence-electron chi connectivity index (χ1n) is 4.75. The van der Waals surface area contributed by atoms with Crippen molar-refractivity contribution in [3.8, 4) is 5.95 Å². The molecule has 78 valence electrons. The van der Waals surface area contributed by atoms with Crippen LogP contribution < -0.4 is 0 Å². The number of nitrogens with zero attached hydrogens (tertiary/aromatic N) is 4. The largest absolute Gasteiger partial charge is 0.251 e. The third-order valence-electron chi connectivity index (χ3n) is 2.23. The van der Waals surface area contributed by atoms with Crippen LogP contribution >= 0.6 is 22.6 Å². The number of fused-ring (bicyclic) bond motifs is 1. The van der Waals surface area contributed by atoms with Gasteiger partial charge in [0, 0.05) is 17.8 Å². The smallest absolute Gasteiger partial charge is 0.219 e. The lowest BCUT2D eigenvalue weighted by Crippen LogP contribution is -2.00. The molecule has 0 radical (unpaired) electrons. The summed E-state index contributed by atoms with van der Waals surface area (Å²) in [6.07, 6.45) is 5.48. The maximum absolute atomic E-state index is 4.44. The van der Waals surface area contributed by atoms with Crippen molar-refractivity contribution in [2.75, 3.05) is 0 Å². The predicted molar refractivity (Wildman–Crippen MR) is 69.4 cm³/mol. The summed E-state index contributed by atoms with van der Waals surface area (Å²) in [5.74, 6) is 0.599. The van der Waals surface area contributed by atoms with Crippen LogP contribution in [-0.2, 0) is 0 Å². The summed E-state index contributed by atoms with van der Waals surface area (Å²) in [4.78, 5) is 8.72. The van der Waals surface area contributed by atoms with Crippen LogP contribution in [0.4, 0.5) is 0 Å². The van der Waals surface area contributed by atoms with Crippen LogP contribution in [0.2, 0.25) is 0 Å². The molecule has 0 atom stereocenters. The Balaban J connectivity index is 2.18. The standard InChI is InChI=1S/C11H7IN4/c12-9-6-14-16(7-9)11-13-5-8-3-1-2-4-10(8)15-11/h1-7H. The number of hydrogen-bond acceptors (Lipinski definition) is 3. The first-order valence-corrected chi connectivity index (χ1v) is 5.83. The molecule has 3 aromatic rings. The van der Waals surface area contributed by atoms with E-state index in [1.165, 1.54) is 0 Å². The predicted octanol–water partition coefficient (Wildman–Crippen LogP) is 2.42. The molecule has 0 bridgehead atoms. The van der Waals surface area contributed by atoms with E-state index in [-0.39, 0.29) is 0 Å². The summed E-state index contributed by atoms with van der Waals surface area (Å²) in [6.45, 7) is 0. The molecule has 0 N–H and O–H groups in total. The highest BCUT2D eigenvalue weighted by Gasteiger charge is 2.03. The Morgan fingerprint density at radius 1 is 1.12 bits per heavy atom. The zero-order valence-electron chi connectivity index (χ0n) is 8.21. The maximum atomic E-state index is 4.44. The lowest BCUT2D eigenvalue weighted by molar-refractivity contribution is 0.815. The third kappa shape index (κ3) is 1.67. The Morgan fingerprint density at radius 3 is 2.81 bits per heavy atom. The molecule has 0 aliphatic rings. The van der Waals surface area contributed by atoms with Gasteiger partial charge < -0.3 is 0 Å². The van der Waals surface area contributed by atoms with Crippen molar-refractivity contribution in [2.45, 2.75) is 0 Å². The molecular weight excluding hydrogens is 315 g/mol. The number of hydrogen-bond donors (Lipinski definition) is 0. The van der Waals surface area contributed by atoms with Crippen molar-refractivity contribution in [1.82, 2.24) is 19.7 Å². The SMILES string of the molecule is Ic1cnn(-c2ncc3ccccc3n2)c1. The van der Waals surface area contributed by atoms with E-state index in [0.717, 1.165) is 14.5 Å². The minimum Gasteiger partial charge on any atom is -0.219 e. The lowest BCUT2D eigenvalue weighted by atomic mass is 10.2. The second kappa shape index (κ2) is 3.82. The molecule has 0 unspecified atom stereocenters. The molecule has 0 aliphatic heterocycles. The number of benzene rings is 1. The quantitative estimate of drug-likeness (QED) is 0.646. The number of rotatable bonds is 1. The number of para-hydroxylation sites is 1. The summed E-state index contributed by atoms with van der Waals surface area (Å²) in [5, 5.41) is 5.21. The van der Waals surface area contributed by atoms with Gasteiger partial charge in [-0.3, -0.25) is 0 Å². The summed E-state index contributed by atoms with van der Waals surface area (Å²) >= 11 is 2.21. The van der Waals surface area contributed by atoms with E-state index < -0.39 is 0 Å². The van der Waals surface area contributed by atoms with E-state index in [2.05, 4.69) is 37.7 Å². The molecule has 5 heteroatoms. The van der Waals surface area contributed by atoms with Crippen LogP contribution in [0.5, 0.6) is 0 Å². The van der Waals surface area contributed by atoms with Gasteiger partial charge in [-0.2, -0.15) is 5.10 Å². The van der Waals surface area contributed by atoms with Crippen molar-refractivity contribution in [2.24, 2.45) is 0 Å². The van der Waals surface area contributed by atoms with E-state index in [4.69, 9.17) is 0 Å². The normalized spacial score (nSPS) is 10.8. The van der Waals surface area contributed by atoms with Crippen LogP contribution in [0.15, 0.2) is 42.9 Å². The van der Waals surface area contributed by atoms with Gasteiger partial charge in [-0.05, 0) is 28.7 Å². The molecule has 2 aromatic heterocycles. The van der Waals surface area contributed by atoms with Gasteiger partial charge in [-0.1, -0.05) is 18.2 Å². The highest BCUT2D eigenvalue weighted by molar-refractivity contribution is 14.1. The van der Waals surface area contributed by atoms with Gasteiger partial charge in [0.2, 0.25) is 0 Å². The van der Waals surface area contributed by atoms with E-state index in [1.807, 2.05) is 36.7 Å². The molecule has 0 amide bonds. The monoisotopic (exact) mass is 322 g/mol. The topological polar surface area (TPSA) is 43.6 Å². The molecule has 4 nitrogen and oxygen atoms in total. The fourth-order valence-electron chi connectivity index (χ4n) is 1.48. The van der Waals surface area contributed by atoms with Gasteiger partial charge >= 0.3 is 0 Å². The molecule has 1 aromatic carbocycles. The van der Waals surface area contributed by atoms with Crippen molar-refractivity contribution in [1.29, 1.82) is 0 Å². The second-order valence-electron chi connectivity index (χ2n) is 3.33. The first-order chi connectivity index (χ1) is 7.83. The van der Waals surface area contributed by atoms with Crippen LogP contribution in [-0.4, -0.2) is 19.7 Å². The number of halogens is 1. The first kappa shape index (κ1) is 9.71. The number of aromatic nitrogens is 4. The molecule has 0 spiro atoms. The second-order valence-corrected chi connectivity index (χ2v) is 4.58.